The van der Waals surface area contributed by atoms with Crippen LogP contribution in [-0.4, -0.2) is 23.5 Å². The fourth-order valence-corrected chi connectivity index (χ4v) is 5.87. The summed E-state index contributed by atoms with van der Waals surface area (Å²) >= 11 is 0. The van der Waals surface area contributed by atoms with Gasteiger partial charge in [-0.1, -0.05) is 54.3 Å². The van der Waals surface area contributed by atoms with E-state index >= 15 is 0 Å². The Kier molecular flexibility index (Phi) is 13.4. The number of benzene rings is 3. The van der Waals surface area contributed by atoms with Crippen LogP contribution in [0.5, 0.6) is 11.5 Å². The van der Waals surface area contributed by atoms with Gasteiger partial charge in [-0.3, -0.25) is 4.90 Å². The second-order valence-corrected chi connectivity index (χ2v) is 11.3. The van der Waals surface area contributed by atoms with Crippen LogP contribution in [0, 0.1) is 113 Å². The minimum atomic E-state index is 0.340. The summed E-state index contributed by atoms with van der Waals surface area (Å²) in [5.41, 5.74) is 8.39. The lowest BCUT2D eigenvalue weighted by atomic mass is 9.85. The molecule has 5 nitrogen and oxygen atoms in total. The average molecular weight is 682 g/mol. The topological polar surface area (TPSA) is 41.9 Å². The predicted octanol–water partition coefficient (Wildman–Crippen LogP) is 7.02. The Morgan fingerprint density at radius 1 is 0.755 bits per heavy atom. The van der Waals surface area contributed by atoms with E-state index in [1.807, 2.05) is 24.3 Å². The molecule has 1 atom stereocenters. The van der Waals surface area contributed by atoms with E-state index in [0.29, 0.717) is 18.3 Å². The van der Waals surface area contributed by atoms with Gasteiger partial charge in [-0.15, -0.1) is 0 Å². The summed E-state index contributed by atoms with van der Waals surface area (Å²) in [6.07, 6.45) is 2.01. The highest BCUT2D eigenvalue weighted by atomic mass is 16.5. The number of aromatic amines is 1. The SMILES string of the molecule is CC#CC#CC#CC#CC#CC#CC#CC#CC#CC.[C-]#[N+]c1ccc(COc2cc3c(cc2OC)CCN2Cc4[nH]c5ccccc5c4CC32)cc1. The number of methoxy groups -OCH3 is 1. The molecule has 0 saturated carbocycles. The van der Waals surface area contributed by atoms with E-state index < -0.39 is 0 Å². The number of H-pyrrole nitrogens is 1. The number of aromatic nitrogens is 1. The molecular formula is C48H31N3O2. The number of para-hydroxylation sites is 1. The van der Waals surface area contributed by atoms with Crippen LogP contribution in [0.15, 0.2) is 60.7 Å². The molecule has 1 unspecified atom stereocenters. The molecule has 2 aliphatic rings. The van der Waals surface area contributed by atoms with Crippen molar-refractivity contribution in [3.8, 4) is 118 Å². The maximum Gasteiger partial charge on any atom is 0.187 e. The maximum atomic E-state index is 7.12. The van der Waals surface area contributed by atoms with Crippen molar-refractivity contribution in [3.05, 3.63) is 100 Å². The summed E-state index contributed by atoms with van der Waals surface area (Å²) < 4.78 is 11.9. The second-order valence-electron chi connectivity index (χ2n) is 11.3. The molecule has 0 bridgehead atoms. The molecule has 6 rings (SSSR count). The minimum absolute atomic E-state index is 0.340. The normalized spacial score (nSPS) is 12.1. The number of nitrogens with zero attached hydrogens (tertiary/aromatic N) is 2. The van der Waals surface area contributed by atoms with Crippen LogP contribution in [0.2, 0.25) is 0 Å². The smallest absolute Gasteiger partial charge is 0.187 e. The van der Waals surface area contributed by atoms with Crippen LogP contribution >= 0.6 is 0 Å². The van der Waals surface area contributed by atoms with Gasteiger partial charge in [0.1, 0.15) is 6.61 Å². The van der Waals surface area contributed by atoms with Gasteiger partial charge in [-0.25, -0.2) is 4.85 Å². The Morgan fingerprint density at radius 3 is 1.91 bits per heavy atom. The van der Waals surface area contributed by atoms with Gasteiger partial charge < -0.3 is 14.5 Å². The lowest BCUT2D eigenvalue weighted by Crippen LogP contribution is -2.39. The van der Waals surface area contributed by atoms with E-state index in [1.165, 1.54) is 33.3 Å². The van der Waals surface area contributed by atoms with E-state index in [-0.39, 0.29) is 0 Å². The van der Waals surface area contributed by atoms with Gasteiger partial charge in [0.05, 0.1) is 13.7 Å². The molecule has 0 fully saturated rings. The summed E-state index contributed by atoms with van der Waals surface area (Å²) in [5, 5.41) is 1.34. The van der Waals surface area contributed by atoms with Crippen LogP contribution < -0.4 is 9.47 Å². The first kappa shape index (κ1) is 36.6. The number of ether oxygens (including phenoxy) is 2. The predicted molar refractivity (Wildman–Crippen MR) is 210 cm³/mol. The molecule has 1 aromatic heterocycles. The number of hydrogen-bond donors (Lipinski definition) is 1. The zero-order chi connectivity index (χ0) is 37.1. The van der Waals surface area contributed by atoms with Gasteiger partial charge in [-0.05, 0) is 162 Å². The van der Waals surface area contributed by atoms with Crippen LogP contribution in [0.25, 0.3) is 15.7 Å². The first-order valence-electron chi connectivity index (χ1n) is 16.6. The van der Waals surface area contributed by atoms with Crippen LogP contribution in [0.4, 0.5) is 5.69 Å². The van der Waals surface area contributed by atoms with Crippen molar-refractivity contribution in [3.63, 3.8) is 0 Å². The van der Waals surface area contributed by atoms with Crippen molar-refractivity contribution in [1.82, 2.24) is 9.88 Å². The molecule has 0 saturated heterocycles. The molecule has 0 radical (unpaired) electrons. The molecule has 1 N–H and O–H groups in total. The first-order valence-corrected chi connectivity index (χ1v) is 16.6. The molecule has 4 aromatic rings. The third kappa shape index (κ3) is 10.2. The largest absolute Gasteiger partial charge is 0.493 e. The summed E-state index contributed by atoms with van der Waals surface area (Å²) in [7, 11) is 1.70. The van der Waals surface area contributed by atoms with Gasteiger partial charge in [0.2, 0.25) is 0 Å². The van der Waals surface area contributed by atoms with Crippen molar-refractivity contribution in [2.45, 2.75) is 45.9 Å². The van der Waals surface area contributed by atoms with Crippen molar-refractivity contribution in [2.75, 3.05) is 13.7 Å². The van der Waals surface area contributed by atoms with Gasteiger partial charge in [0, 0.05) is 35.7 Å². The Labute approximate surface area is 312 Å². The van der Waals surface area contributed by atoms with Gasteiger partial charge in [-0.2, -0.15) is 0 Å². The van der Waals surface area contributed by atoms with Gasteiger partial charge in [0.15, 0.2) is 17.2 Å². The highest BCUT2D eigenvalue weighted by Crippen LogP contribution is 2.44. The highest BCUT2D eigenvalue weighted by Gasteiger charge is 2.34. The number of rotatable bonds is 4. The lowest BCUT2D eigenvalue weighted by molar-refractivity contribution is 0.158. The highest BCUT2D eigenvalue weighted by molar-refractivity contribution is 5.85. The summed E-state index contributed by atoms with van der Waals surface area (Å²) in [4.78, 5) is 9.68. The Balaban J connectivity index is 0.000000235. The summed E-state index contributed by atoms with van der Waals surface area (Å²) in [5.74, 6) is 47.1. The molecule has 3 aromatic carbocycles. The first-order chi connectivity index (χ1) is 26.1. The Hall–Kier alpha value is -7.71. The molecule has 0 spiro atoms. The van der Waals surface area contributed by atoms with E-state index in [1.54, 1.807) is 21.0 Å². The minimum Gasteiger partial charge on any atom is -0.493 e. The molecule has 0 aliphatic carbocycles. The number of nitrogens with one attached hydrogen (secondary N) is 1. The van der Waals surface area contributed by atoms with E-state index in [9.17, 15) is 0 Å². The van der Waals surface area contributed by atoms with Crippen LogP contribution in [0.1, 0.15) is 47.8 Å². The fraction of sp³-hybridized carbons (Fsp3) is 0.188. The van der Waals surface area contributed by atoms with Crippen molar-refractivity contribution in [1.29, 1.82) is 0 Å². The van der Waals surface area contributed by atoms with Crippen molar-refractivity contribution in [2.24, 2.45) is 0 Å². The lowest BCUT2D eigenvalue weighted by Gasteiger charge is -2.40. The number of fused-ring (bicyclic) bond motifs is 6. The molecule has 53 heavy (non-hydrogen) atoms. The van der Waals surface area contributed by atoms with Crippen molar-refractivity contribution < 1.29 is 9.47 Å². The Morgan fingerprint density at radius 2 is 1.34 bits per heavy atom. The molecule has 3 heterocycles. The maximum absolute atomic E-state index is 7.12. The van der Waals surface area contributed by atoms with E-state index in [0.717, 1.165) is 43.0 Å². The van der Waals surface area contributed by atoms with Crippen LogP contribution in [0.3, 0.4) is 0 Å². The van der Waals surface area contributed by atoms with Gasteiger partial charge >= 0.3 is 0 Å². The van der Waals surface area contributed by atoms with Gasteiger partial charge in [0.25, 0.3) is 0 Å². The van der Waals surface area contributed by atoms with Crippen molar-refractivity contribution >= 4 is 16.6 Å². The second kappa shape index (κ2) is 19.5. The van der Waals surface area contributed by atoms with Crippen LogP contribution in [-0.2, 0) is 26.0 Å². The molecule has 250 valence electrons. The van der Waals surface area contributed by atoms with E-state index in [4.69, 9.17) is 16.0 Å². The quantitative estimate of drug-likeness (QED) is 0.186. The zero-order valence-corrected chi connectivity index (χ0v) is 29.6. The monoisotopic (exact) mass is 681 g/mol. The third-order valence-electron chi connectivity index (χ3n) is 8.20. The number of hydrogen-bond acceptors (Lipinski definition) is 3. The molecule has 0 amide bonds. The Bertz CT molecular complexity index is 2580. The molecule has 5 heteroatoms. The summed E-state index contributed by atoms with van der Waals surface area (Å²) in [6, 6.07) is 20.9. The summed E-state index contributed by atoms with van der Waals surface area (Å²) in [6.45, 7) is 13.0. The molecular weight excluding hydrogens is 651 g/mol. The van der Waals surface area contributed by atoms with E-state index in [2.05, 4.69) is 158 Å². The zero-order valence-electron chi connectivity index (χ0n) is 29.6. The third-order valence-corrected chi connectivity index (χ3v) is 8.20. The average Bonchev–Trinajstić information content (AvgIpc) is 3.56. The standard InChI is InChI=1S/C28H25N3O2.C20H6/c1-29-20-9-7-18(8-10-20)17-33-28-15-22-19(13-27(28)32-2)11-12-31-16-25-23(14-26(22)31)21-5-3-4-6-24(21)30-25;1-3-5-7-9-11-13-15-17-19-20-18-16-14-12-10-8-6-4-2/h3-10,13,15,26,30H,11-12,14,16-17H2,2H3;1-2H3. The molecule has 2 aliphatic heterocycles. The fourth-order valence-electron chi connectivity index (χ4n) is 5.87.